The number of methoxy groups -OCH3 is 1. The largest absolute Gasteiger partial charge is 0.465 e. The fourth-order valence-electron chi connectivity index (χ4n) is 2.54. The number of carbonyl (C=O) groups is 2. The summed E-state index contributed by atoms with van der Waals surface area (Å²) in [7, 11) is -2.68. The number of hydrogen-bond acceptors (Lipinski definition) is 5. The van der Waals surface area contributed by atoms with Crippen LogP contribution in [0.25, 0.3) is 0 Å². The molecular weight excluding hydrogens is 375 g/mol. The second-order valence-electron chi connectivity index (χ2n) is 5.74. The van der Waals surface area contributed by atoms with Crippen molar-refractivity contribution in [1.82, 2.24) is 0 Å². The molecule has 1 N–H and O–H groups in total. The molecule has 0 saturated carbocycles. The van der Waals surface area contributed by atoms with E-state index in [1.165, 1.54) is 44.4 Å². The fraction of sp³-hybridized carbons (Fsp3) is 0.222. The lowest BCUT2D eigenvalue weighted by Gasteiger charge is -2.28. The van der Waals surface area contributed by atoms with Gasteiger partial charge in [-0.25, -0.2) is 17.6 Å². The second-order valence-corrected chi connectivity index (χ2v) is 7.60. The molecule has 2 rings (SSSR count). The van der Waals surface area contributed by atoms with Crippen molar-refractivity contribution in [1.29, 1.82) is 0 Å². The molecule has 0 aromatic heterocycles. The number of esters is 1. The molecule has 0 aliphatic heterocycles. The smallest absolute Gasteiger partial charge is 0.339 e. The fourth-order valence-corrected chi connectivity index (χ4v) is 3.71. The molecule has 0 aliphatic rings. The van der Waals surface area contributed by atoms with E-state index < -0.39 is 33.8 Å². The van der Waals surface area contributed by atoms with Gasteiger partial charge in [0.25, 0.3) is 0 Å². The molecule has 9 heteroatoms. The number of benzene rings is 2. The molecule has 0 heterocycles. The molecule has 0 radical (unpaired) electrons. The van der Waals surface area contributed by atoms with Crippen LogP contribution in [0.3, 0.4) is 0 Å². The number of hydrogen-bond donors (Lipinski definition) is 1. The number of ether oxygens (including phenoxy) is 1. The number of amides is 1. The van der Waals surface area contributed by atoms with Crippen molar-refractivity contribution in [3.63, 3.8) is 0 Å². The Balaban J connectivity index is 2.36. The van der Waals surface area contributed by atoms with Crippen LogP contribution in [0.5, 0.6) is 0 Å². The van der Waals surface area contributed by atoms with Crippen LogP contribution in [0.2, 0.25) is 0 Å². The summed E-state index contributed by atoms with van der Waals surface area (Å²) < 4.78 is 43.4. The summed E-state index contributed by atoms with van der Waals surface area (Å²) in [5.41, 5.74) is 0.313. The number of carbonyl (C=O) groups excluding carboxylic acids is 2. The zero-order valence-corrected chi connectivity index (χ0v) is 15.8. The number of nitrogens with one attached hydrogen (secondary N) is 1. The molecule has 0 aliphatic carbocycles. The highest BCUT2D eigenvalue weighted by Gasteiger charge is 2.30. The molecule has 1 atom stereocenters. The highest BCUT2D eigenvalue weighted by atomic mass is 32.2. The molecule has 1 amide bonds. The number of para-hydroxylation sites is 1. The third-order valence-electron chi connectivity index (χ3n) is 3.74. The first-order valence-electron chi connectivity index (χ1n) is 7.88. The van der Waals surface area contributed by atoms with E-state index in [0.717, 1.165) is 16.6 Å². The predicted molar refractivity (Wildman–Crippen MR) is 99.6 cm³/mol. The van der Waals surface area contributed by atoms with E-state index in [1.54, 1.807) is 12.1 Å². The third kappa shape index (κ3) is 4.82. The van der Waals surface area contributed by atoms with Crippen LogP contribution >= 0.6 is 0 Å². The molecule has 2 aromatic carbocycles. The van der Waals surface area contributed by atoms with Crippen molar-refractivity contribution in [2.24, 2.45) is 0 Å². The Morgan fingerprint density at radius 2 is 1.81 bits per heavy atom. The minimum absolute atomic E-state index is 0.0152. The summed E-state index contributed by atoms with van der Waals surface area (Å²) in [6, 6.07) is 9.88. The van der Waals surface area contributed by atoms with Crippen molar-refractivity contribution in [3.05, 3.63) is 59.9 Å². The van der Waals surface area contributed by atoms with E-state index in [9.17, 15) is 22.4 Å². The van der Waals surface area contributed by atoms with E-state index in [1.807, 2.05) is 0 Å². The van der Waals surface area contributed by atoms with E-state index in [0.29, 0.717) is 0 Å². The first-order chi connectivity index (χ1) is 12.6. The Labute approximate surface area is 156 Å². The summed E-state index contributed by atoms with van der Waals surface area (Å²) in [6.45, 7) is 1.36. The maximum atomic E-state index is 13.5. The highest BCUT2D eigenvalue weighted by Crippen LogP contribution is 2.23. The summed E-state index contributed by atoms with van der Waals surface area (Å²) >= 11 is 0. The van der Waals surface area contributed by atoms with Crippen LogP contribution in [0.1, 0.15) is 17.3 Å². The lowest BCUT2D eigenvalue weighted by Crippen LogP contribution is -2.45. The number of sulfonamides is 1. The Morgan fingerprint density at radius 1 is 1.15 bits per heavy atom. The second kappa shape index (κ2) is 8.17. The average Bonchev–Trinajstić information content (AvgIpc) is 2.60. The summed E-state index contributed by atoms with van der Waals surface area (Å²) in [4.78, 5) is 24.5. The normalized spacial score (nSPS) is 12.1. The van der Waals surface area contributed by atoms with E-state index in [-0.39, 0.29) is 16.9 Å². The van der Waals surface area contributed by atoms with Crippen LogP contribution in [-0.2, 0) is 19.6 Å². The van der Waals surface area contributed by atoms with Gasteiger partial charge in [0.15, 0.2) is 0 Å². The van der Waals surface area contributed by atoms with Gasteiger partial charge in [-0.3, -0.25) is 9.10 Å². The minimum atomic E-state index is -3.89. The molecule has 0 fully saturated rings. The van der Waals surface area contributed by atoms with Crippen molar-refractivity contribution in [3.8, 4) is 0 Å². The molecule has 144 valence electrons. The summed E-state index contributed by atoms with van der Waals surface area (Å²) in [5, 5.41) is 2.52. The number of nitrogens with zero attached hydrogens (tertiary/aromatic N) is 1. The molecular formula is C18H19FN2O5S. The van der Waals surface area contributed by atoms with Gasteiger partial charge in [-0.05, 0) is 37.3 Å². The monoisotopic (exact) mass is 394 g/mol. The topological polar surface area (TPSA) is 92.8 Å². The molecule has 7 nitrogen and oxygen atoms in total. The lowest BCUT2D eigenvalue weighted by molar-refractivity contribution is -0.116. The van der Waals surface area contributed by atoms with Crippen molar-refractivity contribution < 1.29 is 27.1 Å². The standard InChI is InChI=1S/C18H19FN2O5S/c1-12(21(27(3,24)25)14-8-6-7-13(19)11-14)17(22)20-16-10-5-4-9-15(16)18(23)26-2/h4-12H,1-3H3,(H,20,22)/t12-/m1/s1. The molecule has 27 heavy (non-hydrogen) atoms. The van der Waals surface area contributed by atoms with Crippen LogP contribution in [0.15, 0.2) is 48.5 Å². The van der Waals surface area contributed by atoms with Gasteiger partial charge in [-0.1, -0.05) is 18.2 Å². The lowest BCUT2D eigenvalue weighted by atomic mass is 10.1. The van der Waals surface area contributed by atoms with Gasteiger partial charge in [0.05, 0.1) is 30.3 Å². The van der Waals surface area contributed by atoms with E-state index in [4.69, 9.17) is 0 Å². The average molecular weight is 394 g/mol. The molecule has 0 bridgehead atoms. The highest BCUT2D eigenvalue weighted by molar-refractivity contribution is 7.92. The summed E-state index contributed by atoms with van der Waals surface area (Å²) in [5.74, 6) is -1.98. The number of anilines is 2. The summed E-state index contributed by atoms with van der Waals surface area (Å²) in [6.07, 6.45) is 0.921. The van der Waals surface area contributed by atoms with Crippen LogP contribution < -0.4 is 9.62 Å². The molecule has 0 saturated heterocycles. The van der Waals surface area contributed by atoms with Gasteiger partial charge >= 0.3 is 5.97 Å². The van der Waals surface area contributed by atoms with E-state index >= 15 is 0 Å². The van der Waals surface area contributed by atoms with Crippen LogP contribution in [0.4, 0.5) is 15.8 Å². The quantitative estimate of drug-likeness (QED) is 0.760. The van der Waals surface area contributed by atoms with Gasteiger partial charge < -0.3 is 10.1 Å². The first-order valence-corrected chi connectivity index (χ1v) is 9.73. The van der Waals surface area contributed by atoms with Gasteiger partial charge in [0, 0.05) is 0 Å². The van der Waals surface area contributed by atoms with Crippen LogP contribution in [-0.4, -0.2) is 39.7 Å². The maximum Gasteiger partial charge on any atom is 0.339 e. The first kappa shape index (κ1) is 20.4. The van der Waals surface area contributed by atoms with Crippen molar-refractivity contribution in [2.45, 2.75) is 13.0 Å². The Bertz CT molecular complexity index is 962. The maximum absolute atomic E-state index is 13.5. The van der Waals surface area contributed by atoms with Crippen LogP contribution in [0, 0.1) is 5.82 Å². The van der Waals surface area contributed by atoms with Crippen molar-refractivity contribution in [2.75, 3.05) is 23.0 Å². The SMILES string of the molecule is COC(=O)c1ccccc1NC(=O)[C@@H](C)N(c1cccc(F)c1)S(C)(=O)=O. The third-order valence-corrected chi connectivity index (χ3v) is 4.98. The zero-order chi connectivity index (χ0) is 20.2. The molecule has 0 unspecified atom stereocenters. The number of rotatable bonds is 6. The van der Waals surface area contributed by atoms with Gasteiger partial charge in [-0.15, -0.1) is 0 Å². The minimum Gasteiger partial charge on any atom is -0.465 e. The molecule has 2 aromatic rings. The predicted octanol–water partition coefficient (Wildman–Crippen LogP) is 2.41. The Hall–Kier alpha value is -2.94. The van der Waals surface area contributed by atoms with Gasteiger partial charge in [0.2, 0.25) is 15.9 Å². The zero-order valence-electron chi connectivity index (χ0n) is 15.0. The Morgan fingerprint density at radius 3 is 2.41 bits per heavy atom. The van der Waals surface area contributed by atoms with E-state index in [2.05, 4.69) is 10.1 Å². The van der Waals surface area contributed by atoms with Gasteiger partial charge in [-0.2, -0.15) is 0 Å². The van der Waals surface area contributed by atoms with Crippen molar-refractivity contribution >= 4 is 33.3 Å². The van der Waals surface area contributed by atoms with Gasteiger partial charge in [0.1, 0.15) is 11.9 Å². The Kier molecular flexibility index (Phi) is 6.17. The molecule has 0 spiro atoms. The number of halogens is 1.